The molecule has 0 saturated heterocycles. The lowest BCUT2D eigenvalue weighted by Gasteiger charge is -2.31. The van der Waals surface area contributed by atoms with Gasteiger partial charge in [-0.3, -0.25) is 4.90 Å². The summed E-state index contributed by atoms with van der Waals surface area (Å²) >= 11 is 0. The molecule has 0 saturated carbocycles. The molecule has 0 aliphatic rings. The minimum absolute atomic E-state index is 0.0856. The van der Waals surface area contributed by atoms with E-state index in [-0.39, 0.29) is 6.04 Å². The van der Waals surface area contributed by atoms with Crippen molar-refractivity contribution >= 4 is 0 Å². The number of nitrogens with zero attached hydrogens (tertiary/aromatic N) is 2. The van der Waals surface area contributed by atoms with Crippen molar-refractivity contribution < 1.29 is 0 Å². The number of hydrogen-bond donors (Lipinski definition) is 0. The van der Waals surface area contributed by atoms with Crippen LogP contribution in [-0.4, -0.2) is 23.5 Å². The Balaban J connectivity index is 4.32. The molecule has 76 valence electrons. The Bertz CT molecular complexity index is 167. The van der Waals surface area contributed by atoms with Crippen molar-refractivity contribution in [3.63, 3.8) is 0 Å². The van der Waals surface area contributed by atoms with E-state index in [1.54, 1.807) is 0 Å². The molecule has 0 amide bonds. The van der Waals surface area contributed by atoms with Crippen molar-refractivity contribution in [3.05, 3.63) is 0 Å². The van der Waals surface area contributed by atoms with Gasteiger partial charge in [-0.05, 0) is 26.2 Å². The van der Waals surface area contributed by atoms with Crippen LogP contribution < -0.4 is 0 Å². The molecule has 0 spiro atoms. The van der Waals surface area contributed by atoms with Gasteiger partial charge in [0.05, 0.1) is 12.1 Å². The minimum atomic E-state index is 0.0856. The highest BCUT2D eigenvalue weighted by Crippen LogP contribution is 2.11. The summed E-state index contributed by atoms with van der Waals surface area (Å²) in [7, 11) is 0. The smallest absolute Gasteiger partial charge is 0.0977 e. The Morgan fingerprint density at radius 3 is 2.00 bits per heavy atom. The van der Waals surface area contributed by atoms with Crippen LogP contribution in [0.1, 0.15) is 41.0 Å². The van der Waals surface area contributed by atoms with Crippen LogP contribution in [0.2, 0.25) is 0 Å². The van der Waals surface area contributed by atoms with Crippen molar-refractivity contribution in [2.75, 3.05) is 6.54 Å². The predicted molar refractivity (Wildman–Crippen MR) is 56.4 cm³/mol. The highest BCUT2D eigenvalue weighted by atomic mass is 15.2. The van der Waals surface area contributed by atoms with Gasteiger partial charge in [-0.25, -0.2) is 0 Å². The van der Waals surface area contributed by atoms with E-state index in [4.69, 9.17) is 5.26 Å². The van der Waals surface area contributed by atoms with Crippen LogP contribution >= 0.6 is 0 Å². The van der Waals surface area contributed by atoms with E-state index in [0.717, 1.165) is 13.0 Å². The maximum atomic E-state index is 8.97. The average molecular weight is 182 g/mol. The normalized spacial score (nSPS) is 13.8. The molecule has 0 aromatic heterocycles. The molecular formula is C11H22N2. The molecule has 0 aliphatic carbocycles. The Morgan fingerprint density at radius 2 is 1.77 bits per heavy atom. The van der Waals surface area contributed by atoms with Crippen molar-refractivity contribution in [3.8, 4) is 6.07 Å². The number of hydrogen-bond acceptors (Lipinski definition) is 2. The number of nitriles is 1. The van der Waals surface area contributed by atoms with Gasteiger partial charge in [0.15, 0.2) is 0 Å². The molecule has 2 nitrogen and oxygen atoms in total. The first-order valence-electron chi connectivity index (χ1n) is 5.18. The maximum absolute atomic E-state index is 8.97. The first-order chi connectivity index (χ1) is 6.02. The highest BCUT2D eigenvalue weighted by molar-refractivity contribution is 4.92. The molecule has 2 heteroatoms. The lowest BCUT2D eigenvalue weighted by molar-refractivity contribution is 0.161. The zero-order chi connectivity index (χ0) is 10.4. The SMILES string of the molecule is CCC(C#N)N(CC(C)C)C(C)C. The van der Waals surface area contributed by atoms with Gasteiger partial charge in [-0.2, -0.15) is 5.26 Å². The van der Waals surface area contributed by atoms with Crippen molar-refractivity contribution in [1.29, 1.82) is 5.26 Å². The van der Waals surface area contributed by atoms with E-state index in [9.17, 15) is 0 Å². The monoisotopic (exact) mass is 182 g/mol. The van der Waals surface area contributed by atoms with Gasteiger partial charge in [-0.1, -0.05) is 20.8 Å². The van der Waals surface area contributed by atoms with Crippen molar-refractivity contribution in [1.82, 2.24) is 4.90 Å². The molecule has 0 radical (unpaired) electrons. The van der Waals surface area contributed by atoms with Crippen LogP contribution in [0, 0.1) is 17.2 Å². The highest BCUT2D eigenvalue weighted by Gasteiger charge is 2.19. The molecular weight excluding hydrogens is 160 g/mol. The average Bonchev–Trinajstić information content (AvgIpc) is 2.04. The molecule has 13 heavy (non-hydrogen) atoms. The quantitative estimate of drug-likeness (QED) is 0.653. The Labute approximate surface area is 82.5 Å². The molecule has 0 aromatic carbocycles. The standard InChI is InChI=1S/C11H22N2/c1-6-11(7-12)13(10(4)5)8-9(2)3/h9-11H,6,8H2,1-5H3. The molecule has 0 fully saturated rings. The van der Waals surface area contributed by atoms with Crippen LogP contribution in [-0.2, 0) is 0 Å². The van der Waals surface area contributed by atoms with Crippen LogP contribution in [0.4, 0.5) is 0 Å². The second-order valence-corrected chi connectivity index (χ2v) is 4.24. The first-order valence-corrected chi connectivity index (χ1v) is 5.18. The van der Waals surface area contributed by atoms with E-state index in [2.05, 4.69) is 45.6 Å². The molecule has 1 atom stereocenters. The van der Waals surface area contributed by atoms with Gasteiger partial charge in [0.25, 0.3) is 0 Å². The fourth-order valence-electron chi connectivity index (χ4n) is 1.52. The topological polar surface area (TPSA) is 27.0 Å². The fraction of sp³-hybridized carbons (Fsp3) is 0.909. The van der Waals surface area contributed by atoms with Gasteiger partial charge >= 0.3 is 0 Å². The minimum Gasteiger partial charge on any atom is -0.285 e. The molecule has 0 aliphatic heterocycles. The van der Waals surface area contributed by atoms with Crippen LogP contribution in [0.15, 0.2) is 0 Å². The molecule has 0 N–H and O–H groups in total. The summed E-state index contributed by atoms with van der Waals surface area (Å²) in [5, 5.41) is 8.97. The van der Waals surface area contributed by atoms with Gasteiger partial charge in [0.2, 0.25) is 0 Å². The first kappa shape index (κ1) is 12.4. The lowest BCUT2D eigenvalue weighted by Crippen LogP contribution is -2.41. The predicted octanol–water partition coefficient (Wildman–Crippen LogP) is 2.65. The maximum Gasteiger partial charge on any atom is 0.0977 e. The van der Waals surface area contributed by atoms with E-state index in [0.29, 0.717) is 12.0 Å². The van der Waals surface area contributed by atoms with E-state index in [1.165, 1.54) is 0 Å². The summed E-state index contributed by atoms with van der Waals surface area (Å²) in [4.78, 5) is 2.28. The Morgan fingerprint density at radius 1 is 1.23 bits per heavy atom. The van der Waals surface area contributed by atoms with Crippen LogP contribution in [0.5, 0.6) is 0 Å². The van der Waals surface area contributed by atoms with Crippen LogP contribution in [0.25, 0.3) is 0 Å². The fourth-order valence-corrected chi connectivity index (χ4v) is 1.52. The zero-order valence-electron chi connectivity index (χ0n) is 9.54. The lowest BCUT2D eigenvalue weighted by atomic mass is 10.1. The largest absolute Gasteiger partial charge is 0.285 e. The molecule has 1 unspecified atom stereocenters. The molecule has 0 bridgehead atoms. The van der Waals surface area contributed by atoms with E-state index >= 15 is 0 Å². The van der Waals surface area contributed by atoms with Gasteiger partial charge in [0, 0.05) is 12.6 Å². The summed E-state index contributed by atoms with van der Waals surface area (Å²) in [6, 6.07) is 2.91. The summed E-state index contributed by atoms with van der Waals surface area (Å²) in [6.07, 6.45) is 0.918. The third-order valence-electron chi connectivity index (χ3n) is 2.18. The Hall–Kier alpha value is -0.550. The van der Waals surface area contributed by atoms with E-state index in [1.807, 2.05) is 0 Å². The summed E-state index contributed by atoms with van der Waals surface area (Å²) < 4.78 is 0. The molecule has 0 rings (SSSR count). The molecule has 0 heterocycles. The van der Waals surface area contributed by atoms with Gasteiger partial charge in [-0.15, -0.1) is 0 Å². The van der Waals surface area contributed by atoms with Crippen molar-refractivity contribution in [2.24, 2.45) is 5.92 Å². The molecule has 0 aromatic rings. The summed E-state index contributed by atoms with van der Waals surface area (Å²) in [5.41, 5.74) is 0. The number of rotatable bonds is 5. The zero-order valence-corrected chi connectivity index (χ0v) is 9.54. The van der Waals surface area contributed by atoms with Gasteiger partial charge < -0.3 is 0 Å². The van der Waals surface area contributed by atoms with E-state index < -0.39 is 0 Å². The third kappa shape index (κ3) is 4.28. The summed E-state index contributed by atoms with van der Waals surface area (Å²) in [6.45, 7) is 11.8. The second-order valence-electron chi connectivity index (χ2n) is 4.24. The Kier molecular flexibility index (Phi) is 5.73. The summed E-state index contributed by atoms with van der Waals surface area (Å²) in [5.74, 6) is 0.629. The second kappa shape index (κ2) is 5.99. The van der Waals surface area contributed by atoms with Crippen molar-refractivity contribution in [2.45, 2.75) is 53.1 Å². The van der Waals surface area contributed by atoms with Crippen LogP contribution in [0.3, 0.4) is 0 Å². The van der Waals surface area contributed by atoms with Gasteiger partial charge in [0.1, 0.15) is 0 Å². The third-order valence-corrected chi connectivity index (χ3v) is 2.18.